The third kappa shape index (κ3) is 5.52. The average Bonchev–Trinajstić information content (AvgIpc) is 2.96. The van der Waals surface area contributed by atoms with Crippen LogP contribution in [0.4, 0.5) is 5.69 Å². The number of carbonyl (C=O) groups excluding carboxylic acids is 2. The number of anilines is 1. The zero-order chi connectivity index (χ0) is 27.1. The third-order valence-corrected chi connectivity index (χ3v) is 6.96. The minimum atomic E-state index is -0.919. The molecule has 2 atom stereocenters. The van der Waals surface area contributed by atoms with Gasteiger partial charge < -0.3 is 14.4 Å². The summed E-state index contributed by atoms with van der Waals surface area (Å²) in [6.45, 7) is 5.08. The molecule has 0 aromatic heterocycles. The Labute approximate surface area is 221 Å². The first kappa shape index (κ1) is 26.4. The molecule has 10 nitrogen and oxygen atoms in total. The molecule has 2 saturated heterocycles. The number of hydrogen-bond acceptors (Lipinski definition) is 9. The molecule has 0 unspecified atom stereocenters. The number of methoxy groups -OCH3 is 1. The van der Waals surface area contributed by atoms with Crippen molar-refractivity contribution in [2.75, 3.05) is 44.7 Å². The van der Waals surface area contributed by atoms with Crippen LogP contribution in [0.3, 0.4) is 0 Å². The molecule has 0 spiro atoms. The summed E-state index contributed by atoms with van der Waals surface area (Å²) in [7, 11) is 1.29. The topological polar surface area (TPSA) is 122 Å². The summed E-state index contributed by atoms with van der Waals surface area (Å²) in [5, 5.41) is 18.4. The maximum Gasteiger partial charge on any atom is 0.317 e. The molecule has 0 N–H and O–H groups in total. The number of para-hydroxylation sites is 1. The minimum absolute atomic E-state index is 0.0309. The zero-order valence-corrected chi connectivity index (χ0v) is 21.3. The monoisotopic (exact) mass is 512 g/mol. The molecule has 0 bridgehead atoms. The molecule has 0 radical (unpaired) electrons. The van der Waals surface area contributed by atoms with Crippen LogP contribution in [0.5, 0.6) is 5.75 Å². The Morgan fingerprint density at radius 1 is 1.05 bits per heavy atom. The Kier molecular flexibility index (Phi) is 8.40. The molecule has 194 valence electrons. The summed E-state index contributed by atoms with van der Waals surface area (Å²) in [4.78, 5) is 35.0. The van der Waals surface area contributed by atoms with Gasteiger partial charge in [-0.05, 0) is 49.2 Å². The van der Waals surface area contributed by atoms with Gasteiger partial charge in [0.25, 0.3) is 0 Å². The highest BCUT2D eigenvalue weighted by Gasteiger charge is 2.45. The van der Waals surface area contributed by atoms with E-state index in [9.17, 15) is 14.9 Å². The van der Waals surface area contributed by atoms with Gasteiger partial charge in [0.1, 0.15) is 23.3 Å². The lowest BCUT2D eigenvalue weighted by atomic mass is 9.87. The van der Waals surface area contributed by atoms with Gasteiger partial charge in [-0.15, -0.1) is 4.99 Å². The number of piperidine rings is 1. The SMILES string of the molecule is COC(=O)[C@H]1C(=C=O)N(C(=NC#N)Oc2ccccc2)CC[C@@H]1N1CCN(c2ccc(C#N)cc2C)CC1. The van der Waals surface area contributed by atoms with Crippen molar-refractivity contribution in [3.63, 3.8) is 0 Å². The summed E-state index contributed by atoms with van der Waals surface area (Å²) < 4.78 is 10.9. The second kappa shape index (κ2) is 12.1. The number of likely N-dealkylation sites (tertiary alicyclic amines) is 1. The van der Waals surface area contributed by atoms with E-state index >= 15 is 0 Å². The second-order valence-electron chi connectivity index (χ2n) is 9.04. The van der Waals surface area contributed by atoms with Gasteiger partial charge in [0, 0.05) is 44.5 Å². The molecule has 0 saturated carbocycles. The van der Waals surface area contributed by atoms with Crippen molar-refractivity contribution in [2.45, 2.75) is 19.4 Å². The molecule has 38 heavy (non-hydrogen) atoms. The van der Waals surface area contributed by atoms with E-state index in [1.165, 1.54) is 12.0 Å². The summed E-state index contributed by atoms with van der Waals surface area (Å²) in [5.41, 5.74) is 2.77. The van der Waals surface area contributed by atoms with Gasteiger partial charge in [-0.2, -0.15) is 10.5 Å². The van der Waals surface area contributed by atoms with Crippen LogP contribution in [0.25, 0.3) is 0 Å². The standard InChI is InChI=1S/C28H28N6O4/c1-20-16-21(17-29)8-9-23(20)32-12-14-33(15-13-32)24-10-11-34(25(18-35)26(24)27(36)37-2)28(31-19-30)38-22-6-4-3-5-7-22/h3-9,16,24,26H,10-15H2,1-2H3/t24-,26+/m0/s1. The van der Waals surface area contributed by atoms with Gasteiger partial charge in [-0.25, -0.2) is 4.79 Å². The normalized spacial score (nSPS) is 20.2. The molecule has 10 heteroatoms. The van der Waals surface area contributed by atoms with Crippen molar-refractivity contribution in [1.82, 2.24) is 9.80 Å². The molecule has 0 amide bonds. The van der Waals surface area contributed by atoms with E-state index in [1.807, 2.05) is 37.1 Å². The van der Waals surface area contributed by atoms with Crippen molar-refractivity contribution in [1.29, 1.82) is 10.5 Å². The average molecular weight is 513 g/mol. The number of esters is 1. The zero-order valence-electron chi connectivity index (χ0n) is 21.3. The Balaban J connectivity index is 1.54. The Bertz CT molecular complexity index is 1330. The maximum absolute atomic E-state index is 13.0. The van der Waals surface area contributed by atoms with Crippen LogP contribution in [-0.2, 0) is 14.3 Å². The third-order valence-electron chi connectivity index (χ3n) is 6.96. The lowest BCUT2D eigenvalue weighted by Crippen LogP contribution is -2.59. The maximum atomic E-state index is 13.0. The van der Waals surface area contributed by atoms with Crippen LogP contribution >= 0.6 is 0 Å². The first-order chi connectivity index (χ1) is 18.5. The second-order valence-corrected chi connectivity index (χ2v) is 9.04. The van der Waals surface area contributed by atoms with Gasteiger partial charge in [0.2, 0.25) is 6.19 Å². The Morgan fingerprint density at radius 3 is 2.39 bits per heavy atom. The summed E-state index contributed by atoms with van der Waals surface area (Å²) in [6.07, 6.45) is 2.24. The fourth-order valence-corrected chi connectivity index (χ4v) is 5.15. The van der Waals surface area contributed by atoms with Crippen LogP contribution in [0.1, 0.15) is 17.5 Å². The molecule has 0 aliphatic carbocycles. The van der Waals surface area contributed by atoms with Gasteiger partial charge in [-0.3, -0.25) is 14.6 Å². The Hall–Kier alpha value is -4.63. The van der Waals surface area contributed by atoms with Crippen LogP contribution in [0.2, 0.25) is 0 Å². The highest BCUT2D eigenvalue weighted by atomic mass is 16.5. The van der Waals surface area contributed by atoms with Crippen molar-refractivity contribution in [2.24, 2.45) is 10.9 Å². The smallest absolute Gasteiger partial charge is 0.317 e. The molecular formula is C28H28N6O4. The predicted molar refractivity (Wildman–Crippen MR) is 140 cm³/mol. The van der Waals surface area contributed by atoms with Crippen LogP contribution < -0.4 is 9.64 Å². The molecule has 2 heterocycles. The number of amidine groups is 1. The largest absolute Gasteiger partial charge is 0.468 e. The molecule has 4 rings (SSSR count). The van der Waals surface area contributed by atoms with E-state index in [4.69, 9.17) is 14.7 Å². The highest BCUT2D eigenvalue weighted by molar-refractivity contribution is 5.87. The van der Waals surface area contributed by atoms with Gasteiger partial charge in [0.05, 0.1) is 18.7 Å². The molecule has 2 aliphatic rings. The molecule has 2 aliphatic heterocycles. The van der Waals surface area contributed by atoms with Gasteiger partial charge in [0.15, 0.2) is 0 Å². The number of carbonyl (C=O) groups is 1. The van der Waals surface area contributed by atoms with Crippen molar-refractivity contribution < 1.29 is 19.1 Å². The molecule has 2 aromatic rings. The quantitative estimate of drug-likeness (QED) is 0.200. The van der Waals surface area contributed by atoms with Crippen molar-refractivity contribution in [3.8, 4) is 18.0 Å². The number of nitriles is 2. The van der Waals surface area contributed by atoms with Crippen LogP contribution in [0.15, 0.2) is 59.2 Å². The first-order valence-corrected chi connectivity index (χ1v) is 12.3. The molecule has 2 fully saturated rings. The fourth-order valence-electron chi connectivity index (χ4n) is 5.15. The van der Waals surface area contributed by atoms with E-state index in [0.29, 0.717) is 37.4 Å². The van der Waals surface area contributed by atoms with Crippen molar-refractivity contribution >= 4 is 23.6 Å². The fraction of sp³-hybridized carbons (Fsp3) is 0.357. The summed E-state index contributed by atoms with van der Waals surface area (Å²) in [6, 6.07) is 16.2. The summed E-state index contributed by atoms with van der Waals surface area (Å²) >= 11 is 0. The van der Waals surface area contributed by atoms with E-state index in [0.717, 1.165) is 24.3 Å². The highest BCUT2D eigenvalue weighted by Crippen LogP contribution is 2.33. The lowest BCUT2D eigenvalue weighted by Gasteiger charge is -2.46. The minimum Gasteiger partial charge on any atom is -0.468 e. The number of ether oxygens (including phenoxy) is 2. The van der Waals surface area contributed by atoms with E-state index in [-0.39, 0.29) is 17.8 Å². The number of aliphatic imine (C=N–C) groups is 1. The summed E-state index contributed by atoms with van der Waals surface area (Å²) in [5.74, 6) is 0.892. The van der Waals surface area contributed by atoms with E-state index < -0.39 is 11.9 Å². The van der Waals surface area contributed by atoms with E-state index in [1.54, 1.807) is 30.5 Å². The van der Waals surface area contributed by atoms with Gasteiger partial charge in [-0.1, -0.05) is 18.2 Å². The number of hydrogen-bond donors (Lipinski definition) is 0. The van der Waals surface area contributed by atoms with Gasteiger partial charge >= 0.3 is 12.0 Å². The van der Waals surface area contributed by atoms with Crippen molar-refractivity contribution in [3.05, 3.63) is 65.4 Å². The Morgan fingerprint density at radius 2 is 1.79 bits per heavy atom. The van der Waals surface area contributed by atoms with Crippen LogP contribution in [-0.4, -0.2) is 73.6 Å². The first-order valence-electron chi connectivity index (χ1n) is 12.3. The van der Waals surface area contributed by atoms with E-state index in [2.05, 4.69) is 20.9 Å². The number of aryl methyl sites for hydroxylation is 1. The number of benzene rings is 2. The number of rotatable bonds is 4. The van der Waals surface area contributed by atoms with Crippen LogP contribution in [0, 0.1) is 35.6 Å². The lowest BCUT2D eigenvalue weighted by molar-refractivity contribution is -0.147. The predicted octanol–water partition coefficient (Wildman–Crippen LogP) is 2.48. The number of piperazine rings is 1. The molecule has 2 aromatic carbocycles. The number of nitrogens with zero attached hydrogens (tertiary/aromatic N) is 6. The molecular weight excluding hydrogens is 484 g/mol.